The lowest BCUT2D eigenvalue weighted by molar-refractivity contribution is -0.385. The molecule has 1 heterocycles. The summed E-state index contributed by atoms with van der Waals surface area (Å²) < 4.78 is 5.66. The molecule has 0 spiro atoms. The van der Waals surface area contributed by atoms with Crippen LogP contribution in [0.15, 0.2) is 48.5 Å². The molecular formula is C26H35N3O4. The first-order valence-electron chi connectivity index (χ1n) is 11.6. The van der Waals surface area contributed by atoms with Crippen LogP contribution in [0.25, 0.3) is 0 Å². The molecule has 2 aromatic carbocycles. The zero-order chi connectivity index (χ0) is 24.1. The Balaban J connectivity index is 1.91. The minimum atomic E-state index is -0.317. The first-order chi connectivity index (χ1) is 15.7. The largest absolute Gasteiger partial charge is 0.496 e. The Labute approximate surface area is 196 Å². The van der Waals surface area contributed by atoms with Gasteiger partial charge in [-0.05, 0) is 31.4 Å². The summed E-state index contributed by atoms with van der Waals surface area (Å²) in [5.74, 6) is 1.27. The van der Waals surface area contributed by atoms with Crippen LogP contribution in [0.2, 0.25) is 0 Å². The van der Waals surface area contributed by atoms with Crippen LogP contribution < -0.4 is 4.74 Å². The van der Waals surface area contributed by atoms with E-state index in [-0.39, 0.29) is 40.3 Å². The van der Waals surface area contributed by atoms with E-state index < -0.39 is 0 Å². The molecule has 0 unspecified atom stereocenters. The topological polar surface area (TPSA) is 75.9 Å². The van der Waals surface area contributed by atoms with Gasteiger partial charge < -0.3 is 9.64 Å². The smallest absolute Gasteiger partial charge is 0.273 e. The number of nitro groups is 1. The third-order valence-electron chi connectivity index (χ3n) is 6.47. The highest BCUT2D eigenvalue weighted by Gasteiger charge is 2.38. The van der Waals surface area contributed by atoms with E-state index in [0.29, 0.717) is 18.7 Å². The molecule has 1 saturated heterocycles. The van der Waals surface area contributed by atoms with Gasteiger partial charge in [0.15, 0.2) is 0 Å². The Morgan fingerprint density at radius 3 is 2.42 bits per heavy atom. The zero-order valence-electron chi connectivity index (χ0n) is 20.2. The molecule has 0 saturated carbocycles. The predicted octanol–water partition coefficient (Wildman–Crippen LogP) is 4.71. The zero-order valence-corrected chi connectivity index (χ0v) is 20.2. The van der Waals surface area contributed by atoms with E-state index in [2.05, 4.69) is 24.8 Å². The van der Waals surface area contributed by atoms with Gasteiger partial charge in [-0.3, -0.25) is 19.8 Å². The molecule has 0 aromatic heterocycles. The lowest BCUT2D eigenvalue weighted by Crippen LogP contribution is -2.43. The maximum absolute atomic E-state index is 12.9. The molecule has 0 bridgehead atoms. The lowest BCUT2D eigenvalue weighted by Gasteiger charge is -2.33. The van der Waals surface area contributed by atoms with Crippen molar-refractivity contribution in [1.82, 2.24) is 9.80 Å². The highest BCUT2D eigenvalue weighted by molar-refractivity contribution is 5.78. The number of nitro benzene ring substituents is 1. The summed E-state index contributed by atoms with van der Waals surface area (Å²) in [4.78, 5) is 28.4. The molecule has 7 nitrogen and oxygen atoms in total. The Kier molecular flexibility index (Phi) is 8.08. The highest BCUT2D eigenvalue weighted by atomic mass is 16.6. The van der Waals surface area contributed by atoms with Gasteiger partial charge in [0, 0.05) is 55.7 Å². The average molecular weight is 454 g/mol. The molecule has 0 aliphatic carbocycles. The van der Waals surface area contributed by atoms with Gasteiger partial charge in [-0.2, -0.15) is 0 Å². The molecule has 2 atom stereocenters. The lowest BCUT2D eigenvalue weighted by atomic mass is 9.87. The molecule has 178 valence electrons. The van der Waals surface area contributed by atoms with Gasteiger partial charge in [-0.25, -0.2) is 0 Å². The van der Waals surface area contributed by atoms with E-state index >= 15 is 0 Å². The average Bonchev–Trinajstić information content (AvgIpc) is 3.18. The van der Waals surface area contributed by atoms with Crippen LogP contribution in [0.1, 0.15) is 44.7 Å². The maximum atomic E-state index is 12.9. The normalized spacial score (nSPS) is 18.6. The molecule has 3 rings (SSSR count). The van der Waals surface area contributed by atoms with E-state index in [9.17, 15) is 14.9 Å². The van der Waals surface area contributed by atoms with Gasteiger partial charge in [0.25, 0.3) is 5.69 Å². The summed E-state index contributed by atoms with van der Waals surface area (Å²) in [6.07, 6.45) is 0. The number of hydrogen-bond acceptors (Lipinski definition) is 5. The van der Waals surface area contributed by atoms with E-state index in [1.54, 1.807) is 19.2 Å². The molecule has 1 aliphatic rings. The van der Waals surface area contributed by atoms with Crippen LogP contribution in [-0.2, 0) is 11.3 Å². The molecule has 0 N–H and O–H groups in total. The number of carbonyl (C=O) groups excluding carboxylic acids is 1. The van der Waals surface area contributed by atoms with Gasteiger partial charge in [0.05, 0.1) is 12.0 Å². The number of methoxy groups -OCH3 is 1. The van der Waals surface area contributed by atoms with Crippen LogP contribution in [0.3, 0.4) is 0 Å². The van der Waals surface area contributed by atoms with Crippen molar-refractivity contribution in [3.8, 4) is 5.75 Å². The molecule has 1 fully saturated rings. The summed E-state index contributed by atoms with van der Waals surface area (Å²) in [6, 6.07) is 15.1. The van der Waals surface area contributed by atoms with Crippen LogP contribution in [0, 0.1) is 22.0 Å². The minimum absolute atomic E-state index is 0.0680. The number of likely N-dealkylation sites (tertiary alicyclic amines) is 1. The third-order valence-corrected chi connectivity index (χ3v) is 6.47. The van der Waals surface area contributed by atoms with Crippen molar-refractivity contribution in [2.75, 3.05) is 26.7 Å². The molecule has 2 aromatic rings. The van der Waals surface area contributed by atoms with E-state index in [1.165, 1.54) is 0 Å². The molecule has 7 heteroatoms. The highest BCUT2D eigenvalue weighted by Crippen LogP contribution is 2.39. The molecule has 33 heavy (non-hydrogen) atoms. The number of hydrogen-bond donors (Lipinski definition) is 0. The van der Waals surface area contributed by atoms with Crippen molar-refractivity contribution >= 4 is 11.6 Å². The maximum Gasteiger partial charge on any atom is 0.273 e. The van der Waals surface area contributed by atoms with Crippen LogP contribution in [0.5, 0.6) is 5.75 Å². The standard InChI is InChI=1S/C26H35N3O4/c1-18(2)26(30)28(19(3)4)16-21-15-27(14-20-10-6-8-12-24(20)29(31)32)17-23(21)22-11-7-9-13-25(22)33-5/h6-13,18-19,21,23H,14-17H2,1-5H3/t21-,23-/m1/s1. The second-order valence-electron chi connectivity index (χ2n) is 9.43. The Bertz CT molecular complexity index is 976. The molecule has 0 radical (unpaired) electrons. The fourth-order valence-electron chi connectivity index (χ4n) is 4.80. The van der Waals surface area contributed by atoms with Crippen molar-refractivity contribution in [3.63, 3.8) is 0 Å². The van der Waals surface area contributed by atoms with Gasteiger partial charge in [0.1, 0.15) is 5.75 Å². The van der Waals surface area contributed by atoms with Crippen LogP contribution >= 0.6 is 0 Å². The van der Waals surface area contributed by atoms with Crippen molar-refractivity contribution in [2.45, 2.75) is 46.2 Å². The summed E-state index contributed by atoms with van der Waals surface area (Å²) >= 11 is 0. The van der Waals surface area contributed by atoms with Gasteiger partial charge in [-0.1, -0.05) is 50.2 Å². The first kappa shape index (κ1) is 24.7. The number of para-hydroxylation sites is 2. The Morgan fingerprint density at radius 1 is 1.12 bits per heavy atom. The number of rotatable bonds is 9. The van der Waals surface area contributed by atoms with Crippen molar-refractivity contribution in [3.05, 3.63) is 69.8 Å². The number of ether oxygens (including phenoxy) is 1. The van der Waals surface area contributed by atoms with Gasteiger partial charge in [0.2, 0.25) is 5.91 Å². The number of carbonyl (C=O) groups is 1. The van der Waals surface area contributed by atoms with E-state index in [4.69, 9.17) is 4.74 Å². The fraction of sp³-hybridized carbons (Fsp3) is 0.500. The quantitative estimate of drug-likeness (QED) is 0.406. The van der Waals surface area contributed by atoms with Crippen molar-refractivity contribution in [1.29, 1.82) is 0 Å². The summed E-state index contributed by atoms with van der Waals surface area (Å²) in [7, 11) is 1.68. The Hall–Kier alpha value is -2.93. The number of amides is 1. The molecule has 1 aliphatic heterocycles. The van der Waals surface area contributed by atoms with E-state index in [1.807, 2.05) is 49.1 Å². The van der Waals surface area contributed by atoms with Crippen LogP contribution in [0.4, 0.5) is 5.69 Å². The number of nitrogens with zero attached hydrogens (tertiary/aromatic N) is 3. The third kappa shape index (κ3) is 5.71. The minimum Gasteiger partial charge on any atom is -0.496 e. The monoisotopic (exact) mass is 453 g/mol. The second kappa shape index (κ2) is 10.8. The van der Waals surface area contributed by atoms with Crippen LogP contribution in [-0.4, -0.2) is 53.4 Å². The predicted molar refractivity (Wildman–Crippen MR) is 129 cm³/mol. The Morgan fingerprint density at radius 2 is 1.79 bits per heavy atom. The fourth-order valence-corrected chi connectivity index (χ4v) is 4.80. The van der Waals surface area contributed by atoms with Gasteiger partial charge >= 0.3 is 0 Å². The SMILES string of the molecule is COc1ccccc1[C@@H]1CN(Cc2ccccc2[N+](=O)[O-])C[C@@H]1CN(C(=O)C(C)C)C(C)C. The molecule has 1 amide bonds. The number of benzene rings is 2. The van der Waals surface area contributed by atoms with Crippen molar-refractivity contribution in [2.24, 2.45) is 11.8 Å². The van der Waals surface area contributed by atoms with E-state index in [0.717, 1.165) is 24.4 Å². The summed E-state index contributed by atoms with van der Waals surface area (Å²) in [5, 5.41) is 11.5. The summed E-state index contributed by atoms with van der Waals surface area (Å²) in [5.41, 5.74) is 1.98. The first-order valence-corrected chi connectivity index (χ1v) is 11.6. The van der Waals surface area contributed by atoms with Crippen molar-refractivity contribution < 1.29 is 14.5 Å². The second-order valence-corrected chi connectivity index (χ2v) is 9.43. The summed E-state index contributed by atoms with van der Waals surface area (Å²) in [6.45, 7) is 10.6. The molecular weight excluding hydrogens is 418 g/mol. The van der Waals surface area contributed by atoms with Gasteiger partial charge in [-0.15, -0.1) is 0 Å².